The molecule has 22 heavy (non-hydrogen) atoms. The topological polar surface area (TPSA) is 86.7 Å². The molecule has 106 valence electrons. The Labute approximate surface area is 126 Å². The van der Waals surface area contributed by atoms with E-state index in [0.717, 1.165) is 10.2 Å². The molecular weight excluding hydrogens is 278 g/mol. The van der Waals surface area contributed by atoms with Crippen molar-refractivity contribution >= 4 is 11.9 Å². The van der Waals surface area contributed by atoms with Crippen LogP contribution in [-0.4, -0.2) is 25.7 Å². The van der Waals surface area contributed by atoms with Gasteiger partial charge in [-0.25, -0.2) is 0 Å². The molecule has 3 aromatic rings. The summed E-state index contributed by atoms with van der Waals surface area (Å²) in [6, 6.07) is 10.1. The normalized spacial score (nSPS) is 10.1. The largest absolute Gasteiger partial charge is 0.368 e. The summed E-state index contributed by atoms with van der Waals surface area (Å²) in [5.41, 5.74) is 7.65. The minimum Gasteiger partial charge on any atom is -0.368 e. The van der Waals surface area contributed by atoms with Crippen LogP contribution in [0.25, 0.3) is 11.4 Å². The summed E-state index contributed by atoms with van der Waals surface area (Å²) >= 11 is 0. The fourth-order valence-corrected chi connectivity index (χ4v) is 1.93. The maximum absolute atomic E-state index is 12.4. The Balaban J connectivity index is 1.96. The summed E-state index contributed by atoms with van der Waals surface area (Å²) in [4.78, 5) is 20.5. The number of nitrogens with two attached hydrogens (primary N) is 1. The van der Waals surface area contributed by atoms with E-state index in [-0.39, 0.29) is 11.9 Å². The molecule has 0 fully saturated rings. The second-order valence-electron chi connectivity index (χ2n) is 4.47. The van der Waals surface area contributed by atoms with Crippen molar-refractivity contribution < 1.29 is 4.79 Å². The number of pyridine rings is 1. The lowest BCUT2D eigenvalue weighted by atomic mass is 10.1. The fourth-order valence-electron chi connectivity index (χ4n) is 1.93. The number of carbonyl (C=O) groups is 1. The number of aromatic nitrogens is 4. The highest BCUT2D eigenvalue weighted by atomic mass is 16.2. The summed E-state index contributed by atoms with van der Waals surface area (Å²) in [7, 11) is 0. The van der Waals surface area contributed by atoms with Gasteiger partial charge in [-0.05, 0) is 36.4 Å². The van der Waals surface area contributed by atoms with Gasteiger partial charge in [0.25, 0.3) is 5.91 Å². The van der Waals surface area contributed by atoms with E-state index < -0.39 is 0 Å². The Morgan fingerprint density at radius 3 is 2.45 bits per heavy atom. The minimum absolute atomic E-state index is 0.0258. The molecule has 0 amide bonds. The number of nitrogen functional groups attached to an aromatic ring is 1. The zero-order valence-electron chi connectivity index (χ0n) is 11.5. The lowest BCUT2D eigenvalue weighted by Crippen LogP contribution is -2.16. The zero-order valence-corrected chi connectivity index (χ0v) is 11.5. The van der Waals surface area contributed by atoms with Crippen LogP contribution >= 0.6 is 0 Å². The van der Waals surface area contributed by atoms with Crippen LogP contribution in [0.15, 0.2) is 48.8 Å². The molecule has 0 saturated heterocycles. The Morgan fingerprint density at radius 1 is 1.14 bits per heavy atom. The Bertz CT molecular complexity index is 860. The van der Waals surface area contributed by atoms with Gasteiger partial charge in [-0.2, -0.15) is 9.67 Å². The summed E-state index contributed by atoms with van der Waals surface area (Å²) in [6.07, 6.45) is 8.53. The van der Waals surface area contributed by atoms with Gasteiger partial charge in [-0.15, -0.1) is 11.5 Å². The predicted molar refractivity (Wildman–Crippen MR) is 81.8 cm³/mol. The van der Waals surface area contributed by atoms with Gasteiger partial charge in [0.2, 0.25) is 5.95 Å². The maximum atomic E-state index is 12.4. The monoisotopic (exact) mass is 289 g/mol. The van der Waals surface area contributed by atoms with Gasteiger partial charge < -0.3 is 5.73 Å². The molecule has 3 rings (SSSR count). The van der Waals surface area contributed by atoms with Crippen molar-refractivity contribution in [2.75, 3.05) is 5.73 Å². The smallest absolute Gasteiger partial charge is 0.281 e. The number of carbonyl (C=O) groups excluding carboxylic acids is 1. The average molecular weight is 289 g/mol. The summed E-state index contributed by atoms with van der Waals surface area (Å²) in [5.74, 6) is 2.52. The van der Waals surface area contributed by atoms with Crippen LogP contribution in [0, 0.1) is 12.3 Å². The predicted octanol–water partition coefficient (Wildman–Crippen LogP) is 1.59. The second-order valence-corrected chi connectivity index (χ2v) is 4.47. The number of benzene rings is 1. The van der Waals surface area contributed by atoms with Crippen molar-refractivity contribution in [1.29, 1.82) is 0 Å². The third kappa shape index (κ3) is 2.43. The highest BCUT2D eigenvalue weighted by Gasteiger charge is 2.16. The number of hydrogen-bond donors (Lipinski definition) is 1. The molecule has 6 heteroatoms. The van der Waals surface area contributed by atoms with Crippen molar-refractivity contribution in [3.63, 3.8) is 0 Å². The SMILES string of the molecule is C#Cc1ccc(C(=O)n2nc(-c3ccncc3)nc2N)cc1. The molecule has 0 aliphatic heterocycles. The molecule has 1 aromatic carbocycles. The third-order valence-corrected chi connectivity index (χ3v) is 3.06. The van der Waals surface area contributed by atoms with Gasteiger partial charge in [0.1, 0.15) is 0 Å². The van der Waals surface area contributed by atoms with E-state index in [2.05, 4.69) is 21.0 Å². The van der Waals surface area contributed by atoms with Gasteiger partial charge in [0, 0.05) is 29.1 Å². The van der Waals surface area contributed by atoms with Gasteiger partial charge >= 0.3 is 0 Å². The van der Waals surface area contributed by atoms with Crippen molar-refractivity contribution in [3.05, 3.63) is 59.9 Å². The lowest BCUT2D eigenvalue weighted by Gasteiger charge is -2.01. The lowest BCUT2D eigenvalue weighted by molar-refractivity contribution is 0.0948. The van der Waals surface area contributed by atoms with Gasteiger partial charge in [-0.3, -0.25) is 9.78 Å². The van der Waals surface area contributed by atoms with Crippen LogP contribution in [-0.2, 0) is 0 Å². The molecule has 2 aromatic heterocycles. The molecule has 0 unspecified atom stereocenters. The summed E-state index contributed by atoms with van der Waals surface area (Å²) < 4.78 is 1.07. The Hall–Kier alpha value is -3.46. The van der Waals surface area contributed by atoms with E-state index in [1.807, 2.05) is 0 Å². The molecule has 0 aliphatic carbocycles. The number of rotatable bonds is 2. The molecule has 0 bridgehead atoms. The van der Waals surface area contributed by atoms with Crippen LogP contribution < -0.4 is 5.73 Å². The van der Waals surface area contributed by atoms with Crippen molar-refractivity contribution in [1.82, 2.24) is 19.7 Å². The van der Waals surface area contributed by atoms with Crippen molar-refractivity contribution in [2.45, 2.75) is 0 Å². The summed E-state index contributed by atoms with van der Waals surface area (Å²) in [5, 5.41) is 4.16. The molecular formula is C16H11N5O. The fraction of sp³-hybridized carbons (Fsp3) is 0. The van der Waals surface area contributed by atoms with Crippen LogP contribution in [0.2, 0.25) is 0 Å². The zero-order chi connectivity index (χ0) is 15.5. The molecule has 0 atom stereocenters. The highest BCUT2D eigenvalue weighted by Crippen LogP contribution is 2.16. The molecule has 0 saturated carbocycles. The van der Waals surface area contributed by atoms with Gasteiger partial charge in [0.15, 0.2) is 5.82 Å². The number of hydrogen-bond acceptors (Lipinski definition) is 5. The summed E-state index contributed by atoms with van der Waals surface area (Å²) in [6.45, 7) is 0. The van der Waals surface area contributed by atoms with E-state index in [1.165, 1.54) is 0 Å². The first-order valence-corrected chi connectivity index (χ1v) is 6.43. The van der Waals surface area contributed by atoms with Crippen LogP contribution in [0.4, 0.5) is 5.95 Å². The number of nitrogens with zero attached hydrogens (tertiary/aromatic N) is 4. The van der Waals surface area contributed by atoms with Crippen LogP contribution in [0.3, 0.4) is 0 Å². The molecule has 2 heterocycles. The second kappa shape index (κ2) is 5.50. The van der Waals surface area contributed by atoms with Crippen molar-refractivity contribution in [3.8, 4) is 23.7 Å². The molecule has 2 N–H and O–H groups in total. The first kappa shape index (κ1) is 13.5. The Morgan fingerprint density at radius 2 is 1.82 bits per heavy atom. The molecule has 0 aliphatic rings. The van der Waals surface area contributed by atoms with Gasteiger partial charge in [-0.1, -0.05) is 5.92 Å². The van der Waals surface area contributed by atoms with E-state index in [9.17, 15) is 4.79 Å². The molecule has 0 radical (unpaired) electrons. The van der Waals surface area contributed by atoms with E-state index in [1.54, 1.807) is 48.8 Å². The number of terminal acetylenes is 1. The quantitative estimate of drug-likeness (QED) is 0.724. The Kier molecular flexibility index (Phi) is 3.38. The highest BCUT2D eigenvalue weighted by molar-refractivity contribution is 5.97. The average Bonchev–Trinajstić information content (AvgIpc) is 2.97. The van der Waals surface area contributed by atoms with Crippen LogP contribution in [0.1, 0.15) is 15.9 Å². The standard InChI is InChI=1S/C16H11N5O/c1-2-11-3-5-13(6-4-11)15(22)21-16(17)19-14(20-21)12-7-9-18-10-8-12/h1,3-10H,(H2,17,19,20). The van der Waals surface area contributed by atoms with E-state index in [4.69, 9.17) is 12.2 Å². The number of anilines is 1. The van der Waals surface area contributed by atoms with E-state index >= 15 is 0 Å². The minimum atomic E-state index is -0.367. The molecule has 6 nitrogen and oxygen atoms in total. The maximum Gasteiger partial charge on any atom is 0.281 e. The van der Waals surface area contributed by atoms with Crippen molar-refractivity contribution in [2.24, 2.45) is 0 Å². The van der Waals surface area contributed by atoms with E-state index in [0.29, 0.717) is 17.0 Å². The first-order valence-electron chi connectivity index (χ1n) is 6.43. The first-order chi connectivity index (χ1) is 10.7. The van der Waals surface area contributed by atoms with Crippen LogP contribution in [0.5, 0.6) is 0 Å². The third-order valence-electron chi connectivity index (χ3n) is 3.06. The molecule has 0 spiro atoms. The van der Waals surface area contributed by atoms with Gasteiger partial charge in [0.05, 0.1) is 0 Å².